The van der Waals surface area contributed by atoms with Crippen LogP contribution in [0.5, 0.6) is 0 Å². The minimum atomic E-state index is -5.06. The van der Waals surface area contributed by atoms with Crippen molar-refractivity contribution in [1.29, 1.82) is 0 Å². The van der Waals surface area contributed by atoms with Gasteiger partial charge >= 0.3 is 45.3 Å². The molecule has 0 aromatic heterocycles. The van der Waals surface area contributed by atoms with Gasteiger partial charge in [-0.05, 0) is 126 Å². The zero-order valence-corrected chi connectivity index (χ0v) is 58.0. The van der Waals surface area contributed by atoms with Crippen LogP contribution >= 0.6 is 27.2 Å². The monoisotopic (exact) mass is 1430 g/mol. The van der Waals surface area contributed by atoms with Crippen LogP contribution in [0, 0.1) is 0 Å². The number of amides is 3. The quantitative estimate of drug-likeness (QED) is 0.00457. The lowest BCUT2D eigenvalue weighted by atomic mass is 9.81. The highest BCUT2D eigenvalue weighted by Gasteiger charge is 2.47. The molecule has 536 valence electrons. The van der Waals surface area contributed by atoms with Crippen LogP contribution in [0.2, 0.25) is 0 Å². The molecule has 0 fully saturated rings. The van der Waals surface area contributed by atoms with Gasteiger partial charge < -0.3 is 53.7 Å². The van der Waals surface area contributed by atoms with E-state index in [1.807, 2.05) is 73.6 Å². The molecule has 0 aliphatic carbocycles. The Balaban J connectivity index is 1.66. The predicted octanol–water partition coefficient (Wildman–Crippen LogP) is 10.2. The van der Waals surface area contributed by atoms with Crippen LogP contribution in [0.15, 0.2) is 72.5 Å². The van der Waals surface area contributed by atoms with Gasteiger partial charge in [-0.15, -0.1) is 0 Å². The second-order valence-electron chi connectivity index (χ2n) is 23.4. The number of hydrogen-bond acceptors (Lipinski definition) is 19. The lowest BCUT2D eigenvalue weighted by Gasteiger charge is -2.27. The molecular weight excluding hydrogens is 1340 g/mol. The van der Waals surface area contributed by atoms with Crippen molar-refractivity contribution in [3.05, 3.63) is 83.6 Å². The molecule has 23 nitrogen and oxygen atoms in total. The molecule has 0 bridgehead atoms. The number of hydrogen-bond donors (Lipinski definition) is 4. The molecule has 4 rings (SSSR count). The molecule has 4 N–H and O–H groups in total. The second kappa shape index (κ2) is 40.2. The van der Waals surface area contributed by atoms with Gasteiger partial charge in [0.2, 0.25) is 11.6 Å². The van der Waals surface area contributed by atoms with E-state index in [0.29, 0.717) is 76.1 Å². The molecule has 95 heavy (non-hydrogen) atoms. The molecule has 3 amide bonds. The standard InChI is InChI=1S/C62H91F6N5O18P2S2/c1-59(2)49-45-47(92(79,86-39-19-9-7-17-37-84-6)88-41-21-14-33-70-57(76)61(63,64)65)27-29-51(49)72(35-16-23-44-95(81,82)83)53(59)25-12-11-13-26-54-60(3,4)50-46-48(28-30-52(50)73(54)36-24-43-94-91-90-78)93(80,89-42-22-15-34-71-58(77)62(66,67)68)87-40-20-10-8-18-38-85-56(75)32-31-55(74)69-5/h11-13,25-30,45-46H,7-10,14-24,31-44H2,1-6H3,(H4-,69,70,71,74,76,77,78,81,82,83). The number of nitrogens with one attached hydrogen (secondary N) is 3. The Morgan fingerprint density at radius 2 is 1.20 bits per heavy atom. The van der Waals surface area contributed by atoms with Gasteiger partial charge in [0.15, 0.2) is 5.71 Å². The van der Waals surface area contributed by atoms with E-state index in [0.717, 1.165) is 59.5 Å². The number of nitrogens with zero attached hydrogens (tertiary/aromatic N) is 2. The number of rotatable bonds is 47. The summed E-state index contributed by atoms with van der Waals surface area (Å²) in [5, 5.41) is 20.7. The summed E-state index contributed by atoms with van der Waals surface area (Å²) in [7, 11) is -9.44. The lowest BCUT2D eigenvalue weighted by Crippen LogP contribution is -2.37. The first-order valence-corrected chi connectivity index (χ1v) is 37.1. The van der Waals surface area contributed by atoms with Crippen LogP contribution in [-0.2, 0) is 86.2 Å². The van der Waals surface area contributed by atoms with Crippen molar-refractivity contribution in [3.63, 3.8) is 0 Å². The van der Waals surface area contributed by atoms with E-state index >= 15 is 0 Å². The summed E-state index contributed by atoms with van der Waals surface area (Å²) >= 11 is 0.825. The van der Waals surface area contributed by atoms with Gasteiger partial charge in [-0.1, -0.05) is 51.3 Å². The molecule has 2 atom stereocenters. The fourth-order valence-electron chi connectivity index (χ4n) is 10.4. The molecule has 2 aliphatic heterocycles. The van der Waals surface area contributed by atoms with E-state index in [1.54, 1.807) is 43.5 Å². The zero-order valence-electron chi connectivity index (χ0n) is 54.6. The number of anilines is 1. The molecule has 0 spiro atoms. The van der Waals surface area contributed by atoms with Crippen LogP contribution < -0.4 is 36.7 Å². The lowest BCUT2D eigenvalue weighted by molar-refractivity contribution is -0.777. The predicted molar refractivity (Wildman–Crippen MR) is 345 cm³/mol. The van der Waals surface area contributed by atoms with E-state index < -0.39 is 72.0 Å². The molecular formula is C62H91F6N5O18P2S2. The highest BCUT2D eigenvalue weighted by atomic mass is 32.2. The number of fused-ring (bicyclic) bond motifs is 2. The molecule has 0 saturated carbocycles. The average Bonchev–Trinajstić information content (AvgIpc) is 1.60. The summed E-state index contributed by atoms with van der Waals surface area (Å²) in [4.78, 5) is 48.3. The van der Waals surface area contributed by atoms with E-state index in [1.165, 1.54) is 7.05 Å². The summed E-state index contributed by atoms with van der Waals surface area (Å²) in [6.45, 7) is 8.40. The Bertz CT molecular complexity index is 3170. The minimum Gasteiger partial charge on any atom is -0.691 e. The number of unbranched alkanes of at least 4 members (excludes halogenated alkanes) is 9. The van der Waals surface area contributed by atoms with E-state index in [-0.39, 0.29) is 108 Å². The summed E-state index contributed by atoms with van der Waals surface area (Å²) in [6.07, 6.45) is 5.62. The third-order valence-corrected chi connectivity index (χ3v) is 20.8. The van der Waals surface area contributed by atoms with Crippen LogP contribution in [0.25, 0.3) is 0 Å². The number of carbonyl (C=O) groups is 4. The SMILES string of the molecule is CNC(=O)CCC(=O)OCCCCCCOP(=O)(OCCCCNC(=O)C(F)(F)F)c1ccc2c(c1)C(C)(C)C(/C=C/C=C/C=C1\N(CCCCS(=O)(=O)O)c3ccc(P(=O)(OCCCCCCOC)OCCCCNC(=O)C(F)(F)F)cc3C1(C)C)=[N+]2CCCSOO[O-]. The van der Waals surface area contributed by atoms with Crippen LogP contribution in [0.4, 0.5) is 37.7 Å². The van der Waals surface area contributed by atoms with Crippen LogP contribution in [0.3, 0.4) is 0 Å². The molecule has 2 aromatic carbocycles. The van der Waals surface area contributed by atoms with Crippen molar-refractivity contribution < 1.29 is 114 Å². The smallest absolute Gasteiger partial charge is 0.471 e. The number of alkyl halides is 6. The molecule has 2 aliphatic rings. The summed E-state index contributed by atoms with van der Waals surface area (Å²) < 4.78 is 181. The van der Waals surface area contributed by atoms with Gasteiger partial charge in [0.05, 0.1) is 61.2 Å². The van der Waals surface area contributed by atoms with Gasteiger partial charge in [0, 0.05) is 106 Å². The summed E-state index contributed by atoms with van der Waals surface area (Å²) in [6, 6.07) is 10.3. The maximum atomic E-state index is 15.0. The molecule has 2 aromatic rings. The van der Waals surface area contributed by atoms with Crippen molar-refractivity contribution in [2.75, 3.05) is 96.4 Å². The fraction of sp³-hybridized carbons (Fsp3) is 0.629. The van der Waals surface area contributed by atoms with E-state index in [9.17, 15) is 72.9 Å². The van der Waals surface area contributed by atoms with Crippen molar-refractivity contribution in [1.82, 2.24) is 16.0 Å². The highest BCUT2D eigenvalue weighted by molar-refractivity contribution is 7.94. The van der Waals surface area contributed by atoms with Gasteiger partial charge in [-0.2, -0.15) is 43.7 Å². The van der Waals surface area contributed by atoms with Crippen LogP contribution in [0.1, 0.15) is 148 Å². The number of methoxy groups -OCH3 is 1. The number of carbonyl (C=O) groups excluding carboxylic acids is 4. The topological polar surface area (TPSA) is 296 Å². The summed E-state index contributed by atoms with van der Waals surface area (Å²) in [5.74, 6) is -5.05. The normalized spacial score (nSPS) is 16.3. The first-order valence-electron chi connectivity index (χ1n) is 31.5. The maximum absolute atomic E-state index is 15.0. The minimum absolute atomic E-state index is 0.00814. The van der Waals surface area contributed by atoms with Gasteiger partial charge in [0.1, 0.15) is 6.54 Å². The van der Waals surface area contributed by atoms with Gasteiger partial charge in [0.25, 0.3) is 10.1 Å². The van der Waals surface area contributed by atoms with Crippen molar-refractivity contribution in [2.24, 2.45) is 0 Å². The average molecular weight is 1430 g/mol. The maximum Gasteiger partial charge on any atom is 0.471 e. The summed E-state index contributed by atoms with van der Waals surface area (Å²) in [5.41, 5.74) is 2.90. The Morgan fingerprint density at radius 1 is 0.674 bits per heavy atom. The number of benzene rings is 2. The first kappa shape index (κ1) is 82.4. The fourth-order valence-corrected chi connectivity index (χ4v) is 14.7. The number of ether oxygens (including phenoxy) is 2. The molecule has 2 unspecified atom stereocenters. The van der Waals surface area contributed by atoms with Crippen molar-refractivity contribution >= 4 is 88.7 Å². The first-order chi connectivity index (χ1) is 44.9. The van der Waals surface area contributed by atoms with E-state index in [4.69, 9.17) is 27.6 Å². The third-order valence-electron chi connectivity index (χ3n) is 15.5. The molecule has 33 heteroatoms. The number of allylic oxidation sites excluding steroid dienone is 6. The van der Waals surface area contributed by atoms with Crippen LogP contribution in [-0.4, -0.2) is 151 Å². The zero-order chi connectivity index (χ0) is 70.4. The van der Waals surface area contributed by atoms with Crippen molar-refractivity contribution in [3.8, 4) is 0 Å². The highest BCUT2D eigenvalue weighted by Crippen LogP contribution is 2.53. The molecule has 2 heterocycles. The second-order valence-corrected chi connectivity index (χ2v) is 29.8. The Labute approximate surface area is 556 Å². The number of esters is 1. The van der Waals surface area contributed by atoms with Gasteiger partial charge in [-0.3, -0.25) is 37.9 Å². The van der Waals surface area contributed by atoms with E-state index in [2.05, 4.69) is 19.3 Å². The Hall–Kier alpha value is -5.01. The van der Waals surface area contributed by atoms with Crippen molar-refractivity contribution in [2.45, 2.75) is 160 Å². The third kappa shape index (κ3) is 27.3. The molecule has 0 radical (unpaired) electrons. The Morgan fingerprint density at radius 3 is 1.73 bits per heavy atom. The number of halogens is 6. The molecule has 0 saturated heterocycles. The Kier molecular flexibility index (Phi) is 34.8. The largest absolute Gasteiger partial charge is 0.691 e. The van der Waals surface area contributed by atoms with Gasteiger partial charge in [-0.25, -0.2) is 0 Å².